The van der Waals surface area contributed by atoms with E-state index in [0.29, 0.717) is 0 Å². The number of H-pyrrole nitrogens is 1. The lowest BCUT2D eigenvalue weighted by Crippen LogP contribution is -2.12. The molecule has 0 atom stereocenters. The molecule has 0 radical (unpaired) electrons. The van der Waals surface area contributed by atoms with Gasteiger partial charge in [0.15, 0.2) is 0 Å². The second kappa shape index (κ2) is 6.55. The number of nitrogens with one attached hydrogen (secondary N) is 2. The Balaban J connectivity index is 1.51. The number of fused-ring (bicyclic) bond motifs is 3. The first-order chi connectivity index (χ1) is 11.4. The molecule has 4 rings (SSSR count). The van der Waals surface area contributed by atoms with Crippen molar-refractivity contribution in [2.45, 2.75) is 45.2 Å². The van der Waals surface area contributed by atoms with Crippen LogP contribution >= 0.6 is 0 Å². The largest absolute Gasteiger partial charge is 0.358 e. The third-order valence-corrected chi connectivity index (χ3v) is 4.79. The monoisotopic (exact) mass is 305 g/mol. The van der Waals surface area contributed by atoms with Crippen molar-refractivity contribution in [3.05, 3.63) is 65.1 Å². The van der Waals surface area contributed by atoms with E-state index in [1.54, 1.807) is 5.56 Å². The van der Waals surface area contributed by atoms with Crippen LogP contribution in [-0.4, -0.2) is 9.97 Å². The molecule has 118 valence electrons. The summed E-state index contributed by atoms with van der Waals surface area (Å²) in [5.74, 6) is 0. The van der Waals surface area contributed by atoms with E-state index in [4.69, 9.17) is 0 Å². The van der Waals surface area contributed by atoms with Crippen LogP contribution in [0.5, 0.6) is 0 Å². The molecule has 3 heteroatoms. The van der Waals surface area contributed by atoms with Crippen LogP contribution in [0.1, 0.15) is 41.6 Å². The molecule has 0 amide bonds. The quantitative estimate of drug-likeness (QED) is 0.712. The fourth-order valence-electron chi connectivity index (χ4n) is 3.59. The number of aromatic amines is 1. The zero-order valence-electron chi connectivity index (χ0n) is 13.4. The van der Waals surface area contributed by atoms with E-state index in [-0.39, 0.29) is 0 Å². The molecule has 0 bridgehead atoms. The molecule has 2 N–H and O–H groups in total. The normalized spacial score (nSPS) is 14.6. The predicted molar refractivity (Wildman–Crippen MR) is 94.3 cm³/mol. The lowest BCUT2D eigenvalue weighted by atomic mass is 10.0. The fraction of sp³-hybridized carbons (Fsp3) is 0.350. The molecular formula is C20H23N3. The van der Waals surface area contributed by atoms with Crippen LogP contribution in [0.2, 0.25) is 0 Å². The van der Waals surface area contributed by atoms with E-state index < -0.39 is 0 Å². The molecule has 1 aliphatic carbocycles. The van der Waals surface area contributed by atoms with E-state index in [2.05, 4.69) is 39.6 Å². The first-order valence-corrected chi connectivity index (χ1v) is 8.62. The average molecular weight is 305 g/mol. The highest BCUT2D eigenvalue weighted by atomic mass is 14.9. The van der Waals surface area contributed by atoms with E-state index in [1.165, 1.54) is 59.8 Å². The molecule has 3 aromatic rings. The zero-order valence-corrected chi connectivity index (χ0v) is 13.4. The van der Waals surface area contributed by atoms with E-state index in [0.717, 1.165) is 13.1 Å². The van der Waals surface area contributed by atoms with Crippen LogP contribution in [0.4, 0.5) is 0 Å². The van der Waals surface area contributed by atoms with Gasteiger partial charge in [-0.2, -0.15) is 0 Å². The summed E-state index contributed by atoms with van der Waals surface area (Å²) >= 11 is 0. The minimum absolute atomic E-state index is 0.858. The third-order valence-electron chi connectivity index (χ3n) is 4.79. The van der Waals surface area contributed by atoms with Crippen molar-refractivity contribution >= 4 is 10.9 Å². The topological polar surface area (TPSA) is 40.7 Å². The lowest BCUT2D eigenvalue weighted by Gasteiger charge is -2.06. The number of aryl methyl sites for hydroxylation is 2. The Bertz CT molecular complexity index is 789. The molecule has 1 aromatic carbocycles. The number of benzene rings is 1. The summed E-state index contributed by atoms with van der Waals surface area (Å²) in [5, 5.41) is 4.95. The molecule has 23 heavy (non-hydrogen) atoms. The van der Waals surface area contributed by atoms with Gasteiger partial charge in [0.05, 0.1) is 0 Å². The van der Waals surface area contributed by atoms with Gasteiger partial charge in [-0.15, -0.1) is 0 Å². The van der Waals surface area contributed by atoms with Gasteiger partial charge in [0.2, 0.25) is 0 Å². The van der Waals surface area contributed by atoms with Crippen LogP contribution in [-0.2, 0) is 25.9 Å². The Hall–Kier alpha value is -2.13. The van der Waals surface area contributed by atoms with Crippen LogP contribution in [0.25, 0.3) is 10.9 Å². The number of aromatic nitrogens is 2. The Morgan fingerprint density at radius 2 is 1.91 bits per heavy atom. The molecule has 0 aliphatic heterocycles. The molecule has 2 aromatic heterocycles. The van der Waals surface area contributed by atoms with Crippen molar-refractivity contribution < 1.29 is 0 Å². The summed E-state index contributed by atoms with van der Waals surface area (Å²) in [5.41, 5.74) is 6.91. The molecule has 1 aliphatic rings. The predicted octanol–water partition coefficient (Wildman–Crippen LogP) is 4.12. The second-order valence-corrected chi connectivity index (χ2v) is 6.49. The Morgan fingerprint density at radius 3 is 2.83 bits per heavy atom. The van der Waals surface area contributed by atoms with Crippen molar-refractivity contribution in [1.82, 2.24) is 15.3 Å². The van der Waals surface area contributed by atoms with Crippen molar-refractivity contribution in [3.63, 3.8) is 0 Å². The molecule has 0 saturated heterocycles. The number of pyridine rings is 1. The van der Waals surface area contributed by atoms with Gasteiger partial charge < -0.3 is 10.3 Å². The van der Waals surface area contributed by atoms with E-state index >= 15 is 0 Å². The van der Waals surface area contributed by atoms with Crippen LogP contribution in [0.3, 0.4) is 0 Å². The first-order valence-electron chi connectivity index (χ1n) is 8.62. The highest BCUT2D eigenvalue weighted by Gasteiger charge is 2.14. The standard InChI is InChI=1S/C20H23N3/c1-2-6-17-18-11-15(8-9-20(18)23-19(17)7-3-1)12-22-14-16-5-4-10-21-13-16/h4-5,8-11,13,22-23H,1-3,6-7,12,14H2. The highest BCUT2D eigenvalue weighted by Crippen LogP contribution is 2.29. The van der Waals surface area contributed by atoms with Gasteiger partial charge in [0, 0.05) is 42.1 Å². The molecule has 3 nitrogen and oxygen atoms in total. The fourth-order valence-corrected chi connectivity index (χ4v) is 3.59. The van der Waals surface area contributed by atoms with E-state index in [9.17, 15) is 0 Å². The molecule has 0 spiro atoms. The Labute approximate surface area is 137 Å². The van der Waals surface area contributed by atoms with Crippen molar-refractivity contribution in [1.29, 1.82) is 0 Å². The zero-order chi connectivity index (χ0) is 15.5. The number of hydrogen-bond donors (Lipinski definition) is 2. The summed E-state index contributed by atoms with van der Waals surface area (Å²) in [6.07, 6.45) is 10.2. The number of rotatable bonds is 4. The second-order valence-electron chi connectivity index (χ2n) is 6.49. The maximum Gasteiger partial charge on any atom is 0.0459 e. The molecule has 0 fully saturated rings. The number of hydrogen-bond acceptors (Lipinski definition) is 2. The number of nitrogens with zero attached hydrogens (tertiary/aromatic N) is 1. The summed E-state index contributed by atoms with van der Waals surface area (Å²) in [4.78, 5) is 7.79. The molecular weight excluding hydrogens is 282 g/mol. The smallest absolute Gasteiger partial charge is 0.0459 e. The van der Waals surface area contributed by atoms with Gasteiger partial charge in [-0.3, -0.25) is 4.98 Å². The van der Waals surface area contributed by atoms with Gasteiger partial charge in [-0.25, -0.2) is 0 Å². The van der Waals surface area contributed by atoms with Crippen LogP contribution in [0, 0.1) is 0 Å². The molecule has 0 saturated carbocycles. The summed E-state index contributed by atoms with van der Waals surface area (Å²) in [7, 11) is 0. The van der Waals surface area contributed by atoms with E-state index in [1.807, 2.05) is 18.5 Å². The van der Waals surface area contributed by atoms with Gasteiger partial charge in [0.1, 0.15) is 0 Å². The highest BCUT2D eigenvalue weighted by molar-refractivity contribution is 5.85. The van der Waals surface area contributed by atoms with Crippen LogP contribution in [0.15, 0.2) is 42.7 Å². The first kappa shape index (κ1) is 14.5. The maximum absolute atomic E-state index is 4.16. The summed E-state index contributed by atoms with van der Waals surface area (Å²) < 4.78 is 0. The molecule has 2 heterocycles. The van der Waals surface area contributed by atoms with Crippen LogP contribution < -0.4 is 5.32 Å². The van der Waals surface area contributed by atoms with Gasteiger partial charge in [-0.1, -0.05) is 18.6 Å². The SMILES string of the molecule is c1cncc(CNCc2ccc3[nH]c4c(c3c2)CCCCC4)c1. The minimum Gasteiger partial charge on any atom is -0.358 e. The third kappa shape index (κ3) is 3.15. The molecule has 0 unspecified atom stereocenters. The maximum atomic E-state index is 4.16. The Kier molecular flexibility index (Phi) is 4.12. The summed E-state index contributed by atoms with van der Waals surface area (Å²) in [6, 6.07) is 10.9. The lowest BCUT2D eigenvalue weighted by molar-refractivity contribution is 0.692. The van der Waals surface area contributed by atoms with Gasteiger partial charge in [0.25, 0.3) is 0 Å². The van der Waals surface area contributed by atoms with Gasteiger partial charge in [-0.05, 0) is 60.6 Å². The van der Waals surface area contributed by atoms with Crippen molar-refractivity contribution in [3.8, 4) is 0 Å². The minimum atomic E-state index is 0.858. The average Bonchev–Trinajstić information content (AvgIpc) is 2.77. The summed E-state index contributed by atoms with van der Waals surface area (Å²) in [6.45, 7) is 1.75. The van der Waals surface area contributed by atoms with Crippen molar-refractivity contribution in [2.24, 2.45) is 0 Å². The Morgan fingerprint density at radius 1 is 1.00 bits per heavy atom. The van der Waals surface area contributed by atoms with Gasteiger partial charge >= 0.3 is 0 Å². The van der Waals surface area contributed by atoms with Crippen molar-refractivity contribution in [2.75, 3.05) is 0 Å².